The van der Waals surface area contributed by atoms with Gasteiger partial charge in [-0.2, -0.15) is 0 Å². The number of carbonyl (C=O) groups is 1. The van der Waals surface area contributed by atoms with Gasteiger partial charge in [-0.3, -0.25) is 4.79 Å². The highest BCUT2D eigenvalue weighted by Crippen LogP contribution is 2.31. The van der Waals surface area contributed by atoms with Gasteiger partial charge in [0.2, 0.25) is 0 Å². The number of hydrogen-bond donors (Lipinski definition) is 2. The van der Waals surface area contributed by atoms with Crippen molar-refractivity contribution in [2.45, 2.75) is 27.3 Å². The first-order valence-electron chi connectivity index (χ1n) is 9.38. The van der Waals surface area contributed by atoms with Crippen molar-refractivity contribution in [2.75, 3.05) is 0 Å². The molecule has 0 bridgehead atoms. The molecule has 0 radical (unpaired) electrons. The average Bonchev–Trinajstić information content (AvgIpc) is 3.02. The van der Waals surface area contributed by atoms with Crippen LogP contribution in [0.3, 0.4) is 0 Å². The van der Waals surface area contributed by atoms with Crippen molar-refractivity contribution in [3.63, 3.8) is 0 Å². The van der Waals surface area contributed by atoms with E-state index in [4.69, 9.17) is 0 Å². The second-order valence-electron chi connectivity index (χ2n) is 7.08. The van der Waals surface area contributed by atoms with Crippen molar-refractivity contribution in [3.8, 4) is 11.3 Å². The van der Waals surface area contributed by atoms with Gasteiger partial charge in [0, 0.05) is 29.2 Å². The predicted octanol–water partition coefficient (Wildman–Crippen LogP) is 4.62. The van der Waals surface area contributed by atoms with E-state index in [-0.39, 0.29) is 11.7 Å². The Bertz CT molecular complexity index is 1230. The number of rotatable bonds is 4. The highest BCUT2D eigenvalue weighted by atomic mass is 19.1. The summed E-state index contributed by atoms with van der Waals surface area (Å²) < 4.78 is 14.2. The molecule has 0 atom stereocenters. The third kappa shape index (κ3) is 3.61. The van der Waals surface area contributed by atoms with Crippen molar-refractivity contribution in [3.05, 3.63) is 82.7 Å². The number of aromatic amines is 1. The Labute approximate surface area is 168 Å². The Balaban J connectivity index is 1.59. The predicted molar refractivity (Wildman–Crippen MR) is 111 cm³/mol. The van der Waals surface area contributed by atoms with Gasteiger partial charge in [-0.15, -0.1) is 0 Å². The van der Waals surface area contributed by atoms with E-state index in [1.807, 2.05) is 31.2 Å². The molecule has 5 nitrogen and oxygen atoms in total. The number of H-pyrrole nitrogens is 1. The van der Waals surface area contributed by atoms with Crippen LogP contribution in [0.4, 0.5) is 4.39 Å². The van der Waals surface area contributed by atoms with E-state index in [9.17, 15) is 9.18 Å². The molecule has 1 amide bonds. The van der Waals surface area contributed by atoms with Crippen LogP contribution in [0.1, 0.15) is 33.0 Å². The van der Waals surface area contributed by atoms with Gasteiger partial charge >= 0.3 is 0 Å². The SMILES string of the molecule is Cc1ncc(C(=O)NCc2ccc3[nH]c(-c4ccccc4F)c(C)c3c2)c(C)n1. The minimum absolute atomic E-state index is 0.208. The van der Waals surface area contributed by atoms with Crippen LogP contribution in [0, 0.1) is 26.6 Å². The van der Waals surface area contributed by atoms with Crippen molar-refractivity contribution in [1.29, 1.82) is 0 Å². The second kappa shape index (κ2) is 7.47. The lowest BCUT2D eigenvalue weighted by Crippen LogP contribution is -2.24. The van der Waals surface area contributed by atoms with E-state index in [2.05, 4.69) is 20.3 Å². The zero-order valence-corrected chi connectivity index (χ0v) is 16.5. The number of amides is 1. The van der Waals surface area contributed by atoms with E-state index in [0.29, 0.717) is 29.2 Å². The molecule has 0 unspecified atom stereocenters. The first-order valence-corrected chi connectivity index (χ1v) is 9.38. The molecule has 4 aromatic rings. The van der Waals surface area contributed by atoms with Crippen LogP contribution in [-0.2, 0) is 6.54 Å². The zero-order chi connectivity index (χ0) is 20.5. The topological polar surface area (TPSA) is 70.7 Å². The number of halogens is 1. The third-order valence-electron chi connectivity index (χ3n) is 5.06. The molecule has 0 aliphatic rings. The number of hydrogen-bond acceptors (Lipinski definition) is 3. The third-order valence-corrected chi connectivity index (χ3v) is 5.06. The van der Waals surface area contributed by atoms with E-state index in [1.165, 1.54) is 6.07 Å². The maximum atomic E-state index is 14.2. The first kappa shape index (κ1) is 18.8. The number of aromatic nitrogens is 3. The van der Waals surface area contributed by atoms with Gasteiger partial charge in [-0.05, 0) is 56.2 Å². The van der Waals surface area contributed by atoms with Crippen molar-refractivity contribution in [2.24, 2.45) is 0 Å². The first-order chi connectivity index (χ1) is 13.9. The standard InChI is InChI=1S/C23H21FN4O/c1-13-18-10-16(11-26-23(29)19-12-25-15(3)27-14(19)2)8-9-21(18)28-22(13)17-6-4-5-7-20(17)24/h4-10,12,28H,11H2,1-3H3,(H,26,29). The van der Waals surface area contributed by atoms with Crippen LogP contribution in [0.15, 0.2) is 48.7 Å². The summed E-state index contributed by atoms with van der Waals surface area (Å²) >= 11 is 0. The molecule has 0 saturated heterocycles. The molecule has 146 valence electrons. The number of nitrogens with one attached hydrogen (secondary N) is 2. The molecule has 4 rings (SSSR count). The summed E-state index contributed by atoms with van der Waals surface area (Å²) in [5, 5.41) is 3.92. The van der Waals surface area contributed by atoms with Gasteiger partial charge in [0.25, 0.3) is 5.91 Å². The summed E-state index contributed by atoms with van der Waals surface area (Å²) in [6.07, 6.45) is 1.55. The molecule has 0 aliphatic carbocycles. The fourth-order valence-corrected chi connectivity index (χ4v) is 3.50. The molecule has 2 heterocycles. The molecule has 6 heteroatoms. The van der Waals surface area contributed by atoms with E-state index >= 15 is 0 Å². The molecule has 0 aliphatic heterocycles. The Kier molecular flexibility index (Phi) is 4.84. The summed E-state index contributed by atoms with van der Waals surface area (Å²) in [5.41, 5.74) is 5.30. The lowest BCUT2D eigenvalue weighted by Gasteiger charge is -2.08. The van der Waals surface area contributed by atoms with Crippen LogP contribution < -0.4 is 5.32 Å². The number of nitrogens with zero attached hydrogens (tertiary/aromatic N) is 2. The van der Waals surface area contributed by atoms with Crippen LogP contribution in [0.2, 0.25) is 0 Å². The van der Waals surface area contributed by atoms with Gasteiger partial charge in [0.05, 0.1) is 17.0 Å². The van der Waals surface area contributed by atoms with Crippen LogP contribution in [-0.4, -0.2) is 20.9 Å². The minimum atomic E-state index is -0.259. The molecule has 29 heavy (non-hydrogen) atoms. The highest BCUT2D eigenvalue weighted by Gasteiger charge is 2.14. The normalized spacial score (nSPS) is 11.0. The van der Waals surface area contributed by atoms with Crippen LogP contribution in [0.5, 0.6) is 0 Å². The van der Waals surface area contributed by atoms with Gasteiger partial charge in [0.15, 0.2) is 0 Å². The van der Waals surface area contributed by atoms with Crippen molar-refractivity contribution >= 4 is 16.8 Å². The fraction of sp³-hybridized carbons (Fsp3) is 0.174. The summed E-state index contributed by atoms with van der Waals surface area (Å²) in [6, 6.07) is 12.6. The summed E-state index contributed by atoms with van der Waals surface area (Å²) in [7, 11) is 0. The molecule has 2 aromatic carbocycles. The maximum Gasteiger partial charge on any atom is 0.254 e. The Morgan fingerprint density at radius 1 is 1.14 bits per heavy atom. The van der Waals surface area contributed by atoms with Crippen LogP contribution >= 0.6 is 0 Å². The fourth-order valence-electron chi connectivity index (χ4n) is 3.50. The van der Waals surface area contributed by atoms with Gasteiger partial charge in [-0.25, -0.2) is 14.4 Å². The molecule has 0 spiro atoms. The maximum absolute atomic E-state index is 14.2. The smallest absolute Gasteiger partial charge is 0.254 e. The lowest BCUT2D eigenvalue weighted by molar-refractivity contribution is 0.0949. The zero-order valence-electron chi connectivity index (χ0n) is 16.5. The summed E-state index contributed by atoms with van der Waals surface area (Å²) in [6.45, 7) is 5.93. The van der Waals surface area contributed by atoms with Gasteiger partial charge < -0.3 is 10.3 Å². The number of carbonyl (C=O) groups excluding carboxylic acids is 1. The number of aryl methyl sites for hydroxylation is 3. The quantitative estimate of drug-likeness (QED) is 0.536. The average molecular weight is 388 g/mol. The Morgan fingerprint density at radius 2 is 1.93 bits per heavy atom. The minimum Gasteiger partial charge on any atom is -0.354 e. The Morgan fingerprint density at radius 3 is 2.69 bits per heavy atom. The molecular formula is C23H21FN4O. The molecule has 2 N–H and O–H groups in total. The van der Waals surface area contributed by atoms with E-state index in [0.717, 1.165) is 27.7 Å². The van der Waals surface area contributed by atoms with Crippen LogP contribution in [0.25, 0.3) is 22.2 Å². The lowest BCUT2D eigenvalue weighted by atomic mass is 10.0. The second-order valence-corrected chi connectivity index (χ2v) is 7.08. The monoisotopic (exact) mass is 388 g/mol. The van der Waals surface area contributed by atoms with Crippen molar-refractivity contribution in [1.82, 2.24) is 20.3 Å². The molecule has 2 aromatic heterocycles. The largest absolute Gasteiger partial charge is 0.354 e. The Hall–Kier alpha value is -3.54. The van der Waals surface area contributed by atoms with Crippen molar-refractivity contribution < 1.29 is 9.18 Å². The van der Waals surface area contributed by atoms with Gasteiger partial charge in [-0.1, -0.05) is 18.2 Å². The highest BCUT2D eigenvalue weighted by molar-refractivity contribution is 5.95. The van der Waals surface area contributed by atoms with E-state index in [1.54, 1.807) is 32.2 Å². The summed E-state index contributed by atoms with van der Waals surface area (Å²) in [5.74, 6) is 0.170. The van der Waals surface area contributed by atoms with Gasteiger partial charge in [0.1, 0.15) is 11.6 Å². The molecular weight excluding hydrogens is 367 g/mol. The molecule has 0 fully saturated rings. The molecule has 0 saturated carbocycles. The van der Waals surface area contributed by atoms with E-state index < -0.39 is 0 Å². The number of benzene rings is 2. The summed E-state index contributed by atoms with van der Waals surface area (Å²) in [4.78, 5) is 24.1. The number of fused-ring (bicyclic) bond motifs is 1.